The van der Waals surface area contributed by atoms with Gasteiger partial charge in [0.1, 0.15) is 0 Å². The lowest BCUT2D eigenvalue weighted by Crippen LogP contribution is -2.12. The van der Waals surface area contributed by atoms with Crippen molar-refractivity contribution >= 4 is 15.9 Å². The van der Waals surface area contributed by atoms with Crippen LogP contribution in [0.4, 0.5) is 0 Å². The largest absolute Gasteiger partial charge is 0.0888 e. The van der Waals surface area contributed by atoms with Crippen LogP contribution in [0.15, 0.2) is 0 Å². The van der Waals surface area contributed by atoms with E-state index in [0.29, 0.717) is 0 Å². The highest BCUT2D eigenvalue weighted by atomic mass is 79.9. The summed E-state index contributed by atoms with van der Waals surface area (Å²) >= 11 is 3.70. The van der Waals surface area contributed by atoms with Crippen LogP contribution < -0.4 is 0 Å². The van der Waals surface area contributed by atoms with Gasteiger partial charge in [-0.25, -0.2) is 0 Å². The van der Waals surface area contributed by atoms with Crippen molar-refractivity contribution in [2.75, 3.05) is 0 Å². The average molecular weight is 207 g/mol. The van der Waals surface area contributed by atoms with Crippen LogP contribution in [0.25, 0.3) is 0 Å². The van der Waals surface area contributed by atoms with Gasteiger partial charge in [-0.05, 0) is 18.3 Å². The molecule has 0 N–H and O–H groups in total. The van der Waals surface area contributed by atoms with Gasteiger partial charge in [0.15, 0.2) is 0 Å². The van der Waals surface area contributed by atoms with Crippen LogP contribution in [0, 0.1) is 11.8 Å². The minimum absolute atomic E-state index is 0.720. The first-order valence-electron chi connectivity index (χ1n) is 4.22. The van der Waals surface area contributed by atoms with Crippen LogP contribution in [0.1, 0.15) is 40.5 Å². The van der Waals surface area contributed by atoms with Crippen molar-refractivity contribution in [3.8, 4) is 0 Å². The molecule has 10 heavy (non-hydrogen) atoms. The Morgan fingerprint density at radius 3 is 2.00 bits per heavy atom. The predicted molar refractivity (Wildman–Crippen MR) is 51.6 cm³/mol. The molecule has 0 rings (SSSR count). The molecule has 0 amide bonds. The van der Waals surface area contributed by atoms with Crippen LogP contribution in [0.2, 0.25) is 0 Å². The van der Waals surface area contributed by atoms with Crippen LogP contribution >= 0.6 is 15.9 Å². The molecule has 0 heterocycles. The van der Waals surface area contributed by atoms with E-state index < -0.39 is 0 Å². The third-order valence-corrected chi connectivity index (χ3v) is 3.23. The van der Waals surface area contributed by atoms with E-state index in [1.165, 1.54) is 12.8 Å². The van der Waals surface area contributed by atoms with Gasteiger partial charge in [-0.2, -0.15) is 0 Å². The first-order chi connectivity index (χ1) is 4.57. The Kier molecular flexibility index (Phi) is 5.42. The van der Waals surface area contributed by atoms with E-state index >= 15 is 0 Å². The molecule has 0 aromatic heterocycles. The van der Waals surface area contributed by atoms with E-state index in [9.17, 15) is 0 Å². The molecule has 0 saturated carbocycles. The standard InChI is InChI=1S/C9H19Br/c1-5-8(4)9(10)6-7(2)3/h7-9H,5-6H2,1-4H3. The summed E-state index contributed by atoms with van der Waals surface area (Å²) in [6.45, 7) is 9.11. The summed E-state index contributed by atoms with van der Waals surface area (Å²) in [7, 11) is 0. The van der Waals surface area contributed by atoms with Crippen molar-refractivity contribution < 1.29 is 0 Å². The monoisotopic (exact) mass is 206 g/mol. The Hall–Kier alpha value is 0.480. The topological polar surface area (TPSA) is 0 Å². The molecule has 0 aliphatic rings. The molecule has 2 atom stereocenters. The smallest absolute Gasteiger partial charge is 0.0173 e. The van der Waals surface area contributed by atoms with Gasteiger partial charge in [-0.1, -0.05) is 50.0 Å². The maximum absolute atomic E-state index is 3.70. The maximum Gasteiger partial charge on any atom is 0.0173 e. The molecular formula is C9H19Br. The summed E-state index contributed by atoms with van der Waals surface area (Å²) in [6, 6.07) is 0. The number of hydrogen-bond acceptors (Lipinski definition) is 0. The van der Waals surface area contributed by atoms with Gasteiger partial charge in [0.05, 0.1) is 0 Å². The van der Waals surface area contributed by atoms with Gasteiger partial charge in [0, 0.05) is 4.83 Å². The number of rotatable bonds is 4. The van der Waals surface area contributed by atoms with E-state index in [-0.39, 0.29) is 0 Å². The first kappa shape index (κ1) is 10.5. The molecule has 0 nitrogen and oxygen atoms in total. The van der Waals surface area contributed by atoms with Gasteiger partial charge < -0.3 is 0 Å². The first-order valence-corrected chi connectivity index (χ1v) is 5.13. The molecule has 1 heteroatoms. The highest BCUT2D eigenvalue weighted by Gasteiger charge is 2.12. The molecule has 0 aromatic carbocycles. The van der Waals surface area contributed by atoms with Crippen molar-refractivity contribution in [3.63, 3.8) is 0 Å². The number of halogens is 1. The van der Waals surface area contributed by atoms with E-state index in [1.54, 1.807) is 0 Å². The van der Waals surface area contributed by atoms with E-state index in [2.05, 4.69) is 43.6 Å². The van der Waals surface area contributed by atoms with Crippen molar-refractivity contribution in [1.82, 2.24) is 0 Å². The van der Waals surface area contributed by atoms with Gasteiger partial charge in [-0.15, -0.1) is 0 Å². The molecule has 2 unspecified atom stereocenters. The summed E-state index contributed by atoms with van der Waals surface area (Å²) in [4.78, 5) is 0.720. The fraction of sp³-hybridized carbons (Fsp3) is 1.00. The Bertz CT molecular complexity index is 78.8. The van der Waals surface area contributed by atoms with Gasteiger partial charge in [0.25, 0.3) is 0 Å². The second-order valence-electron chi connectivity index (χ2n) is 3.53. The Morgan fingerprint density at radius 1 is 1.20 bits per heavy atom. The number of hydrogen-bond donors (Lipinski definition) is 0. The van der Waals surface area contributed by atoms with Crippen molar-refractivity contribution in [3.05, 3.63) is 0 Å². The number of alkyl halides is 1. The molecule has 0 bridgehead atoms. The molecule has 0 aliphatic heterocycles. The summed E-state index contributed by atoms with van der Waals surface area (Å²) in [5.74, 6) is 1.64. The summed E-state index contributed by atoms with van der Waals surface area (Å²) < 4.78 is 0. The van der Waals surface area contributed by atoms with Crippen LogP contribution in [0.3, 0.4) is 0 Å². The zero-order valence-corrected chi connectivity index (χ0v) is 9.11. The van der Waals surface area contributed by atoms with Crippen LogP contribution in [-0.4, -0.2) is 4.83 Å². The summed E-state index contributed by atoms with van der Waals surface area (Å²) in [5.41, 5.74) is 0. The highest BCUT2D eigenvalue weighted by molar-refractivity contribution is 9.09. The van der Waals surface area contributed by atoms with Crippen LogP contribution in [0.5, 0.6) is 0 Å². The van der Waals surface area contributed by atoms with Gasteiger partial charge in [0.2, 0.25) is 0 Å². The predicted octanol–water partition coefficient (Wildman–Crippen LogP) is 3.84. The lowest BCUT2D eigenvalue weighted by atomic mass is 9.97. The summed E-state index contributed by atoms with van der Waals surface area (Å²) in [6.07, 6.45) is 2.58. The Morgan fingerprint density at radius 2 is 1.70 bits per heavy atom. The van der Waals surface area contributed by atoms with E-state index in [4.69, 9.17) is 0 Å². The SMILES string of the molecule is CCC(C)C(Br)CC(C)C. The molecular weight excluding hydrogens is 188 g/mol. The van der Waals surface area contributed by atoms with Gasteiger partial charge in [-0.3, -0.25) is 0 Å². The quantitative estimate of drug-likeness (QED) is 0.614. The summed E-state index contributed by atoms with van der Waals surface area (Å²) in [5, 5.41) is 0. The molecule has 0 radical (unpaired) electrons. The molecule has 0 aromatic rings. The van der Waals surface area contributed by atoms with Crippen LogP contribution in [-0.2, 0) is 0 Å². The molecule has 0 saturated heterocycles. The minimum Gasteiger partial charge on any atom is -0.0888 e. The highest BCUT2D eigenvalue weighted by Crippen LogP contribution is 2.22. The Labute approximate surface area is 73.5 Å². The maximum atomic E-state index is 3.70. The lowest BCUT2D eigenvalue weighted by molar-refractivity contribution is 0.461. The second kappa shape index (κ2) is 5.17. The zero-order chi connectivity index (χ0) is 8.15. The second-order valence-corrected chi connectivity index (χ2v) is 4.71. The van der Waals surface area contributed by atoms with Crippen molar-refractivity contribution in [1.29, 1.82) is 0 Å². The van der Waals surface area contributed by atoms with E-state index in [0.717, 1.165) is 16.7 Å². The third kappa shape index (κ3) is 4.32. The average Bonchev–Trinajstić information content (AvgIpc) is 1.85. The van der Waals surface area contributed by atoms with Crippen molar-refractivity contribution in [2.45, 2.75) is 45.4 Å². The van der Waals surface area contributed by atoms with Gasteiger partial charge >= 0.3 is 0 Å². The molecule has 62 valence electrons. The lowest BCUT2D eigenvalue weighted by Gasteiger charge is -2.17. The van der Waals surface area contributed by atoms with E-state index in [1.807, 2.05) is 0 Å². The molecule has 0 aliphatic carbocycles. The fourth-order valence-corrected chi connectivity index (χ4v) is 2.06. The normalized spacial score (nSPS) is 17.4. The molecule has 0 spiro atoms. The Balaban J connectivity index is 3.50. The zero-order valence-electron chi connectivity index (χ0n) is 7.52. The third-order valence-electron chi connectivity index (χ3n) is 1.96. The fourth-order valence-electron chi connectivity index (χ4n) is 0.938. The minimum atomic E-state index is 0.720. The molecule has 0 fully saturated rings. The van der Waals surface area contributed by atoms with Crippen molar-refractivity contribution in [2.24, 2.45) is 11.8 Å².